The smallest absolute Gasteiger partial charge is 0.115 e. The number of nitrogen functional groups attached to an aromatic ring is 1. The molecular weight excluding hydrogens is 258 g/mol. The van der Waals surface area contributed by atoms with Crippen molar-refractivity contribution in [2.45, 2.75) is 38.1 Å². The fourth-order valence-corrected chi connectivity index (χ4v) is 2.99. The molecule has 1 aromatic heterocycles. The van der Waals surface area contributed by atoms with E-state index < -0.39 is 0 Å². The van der Waals surface area contributed by atoms with Gasteiger partial charge in [-0.15, -0.1) is 0 Å². The summed E-state index contributed by atoms with van der Waals surface area (Å²) in [7, 11) is 0. The number of nitrogens with zero attached hydrogens (tertiary/aromatic N) is 2. The summed E-state index contributed by atoms with van der Waals surface area (Å²) in [6.45, 7) is 0. The van der Waals surface area contributed by atoms with Gasteiger partial charge in [0.25, 0.3) is 0 Å². The van der Waals surface area contributed by atoms with Gasteiger partial charge in [0.2, 0.25) is 0 Å². The minimum Gasteiger partial charge on any atom is -0.396 e. The second-order valence-corrected chi connectivity index (χ2v) is 5.65. The zero-order valence-electron chi connectivity index (χ0n) is 10.8. The lowest BCUT2D eigenvalue weighted by molar-refractivity contribution is 0.330. The van der Waals surface area contributed by atoms with Crippen LogP contribution in [0.1, 0.15) is 38.1 Å². The van der Waals surface area contributed by atoms with Crippen molar-refractivity contribution in [3.05, 3.63) is 35.5 Å². The zero-order chi connectivity index (χ0) is 13.2. The Morgan fingerprint density at radius 2 is 2.00 bits per heavy atom. The molecule has 1 saturated carbocycles. The third-order valence-electron chi connectivity index (χ3n) is 3.81. The first-order valence-corrected chi connectivity index (χ1v) is 7.22. The van der Waals surface area contributed by atoms with Gasteiger partial charge in [0.15, 0.2) is 0 Å². The second kappa shape index (κ2) is 5.25. The summed E-state index contributed by atoms with van der Waals surface area (Å²) >= 11 is 6.03. The fourth-order valence-electron chi connectivity index (χ4n) is 2.80. The molecule has 4 heteroatoms. The maximum absolute atomic E-state index is 6.10. The number of halogens is 1. The van der Waals surface area contributed by atoms with Crippen LogP contribution in [0.5, 0.6) is 0 Å². The lowest BCUT2D eigenvalue weighted by Crippen LogP contribution is -2.13. The normalized spacial score (nSPS) is 16.7. The maximum Gasteiger partial charge on any atom is 0.115 e. The SMILES string of the molecule is Nc1cn(C2CCCCC2)nc1-c1cccc(Cl)c1. The molecule has 1 fully saturated rings. The quantitative estimate of drug-likeness (QED) is 0.888. The summed E-state index contributed by atoms with van der Waals surface area (Å²) < 4.78 is 2.05. The highest BCUT2D eigenvalue weighted by molar-refractivity contribution is 6.30. The van der Waals surface area contributed by atoms with Crippen molar-refractivity contribution < 1.29 is 0 Å². The highest BCUT2D eigenvalue weighted by Crippen LogP contribution is 2.32. The predicted octanol–water partition coefficient (Wildman–Crippen LogP) is 4.29. The minimum absolute atomic E-state index is 0.504. The fraction of sp³-hybridized carbons (Fsp3) is 0.400. The summed E-state index contributed by atoms with van der Waals surface area (Å²) in [5, 5.41) is 5.39. The third kappa shape index (κ3) is 2.61. The molecule has 2 aromatic rings. The van der Waals surface area contributed by atoms with E-state index in [4.69, 9.17) is 17.3 Å². The van der Waals surface area contributed by atoms with Crippen LogP contribution in [-0.4, -0.2) is 9.78 Å². The van der Waals surface area contributed by atoms with Gasteiger partial charge in [0, 0.05) is 16.8 Å². The predicted molar refractivity (Wildman–Crippen MR) is 79.2 cm³/mol. The Kier molecular flexibility index (Phi) is 3.47. The van der Waals surface area contributed by atoms with Gasteiger partial charge in [-0.05, 0) is 25.0 Å². The van der Waals surface area contributed by atoms with Crippen LogP contribution in [0, 0.1) is 0 Å². The lowest BCUT2D eigenvalue weighted by atomic mass is 9.96. The van der Waals surface area contributed by atoms with Crippen LogP contribution in [0.25, 0.3) is 11.3 Å². The van der Waals surface area contributed by atoms with Crippen LogP contribution in [-0.2, 0) is 0 Å². The number of anilines is 1. The number of rotatable bonds is 2. The molecule has 1 aromatic carbocycles. The van der Waals surface area contributed by atoms with Gasteiger partial charge in [-0.25, -0.2) is 0 Å². The Morgan fingerprint density at radius 1 is 1.21 bits per heavy atom. The van der Waals surface area contributed by atoms with Gasteiger partial charge in [0.1, 0.15) is 5.69 Å². The van der Waals surface area contributed by atoms with E-state index in [1.165, 1.54) is 32.1 Å². The zero-order valence-corrected chi connectivity index (χ0v) is 11.6. The van der Waals surface area contributed by atoms with Crippen LogP contribution in [0.4, 0.5) is 5.69 Å². The molecule has 100 valence electrons. The van der Waals surface area contributed by atoms with Crippen LogP contribution < -0.4 is 5.73 Å². The maximum atomic E-state index is 6.10. The molecule has 0 saturated heterocycles. The molecule has 1 heterocycles. The number of nitrogens with two attached hydrogens (primary N) is 1. The van der Waals surface area contributed by atoms with E-state index in [9.17, 15) is 0 Å². The minimum atomic E-state index is 0.504. The van der Waals surface area contributed by atoms with E-state index in [1.807, 2.05) is 35.1 Å². The topological polar surface area (TPSA) is 43.8 Å². The van der Waals surface area contributed by atoms with Gasteiger partial charge in [-0.2, -0.15) is 5.10 Å². The number of hydrogen-bond acceptors (Lipinski definition) is 2. The summed E-state index contributed by atoms with van der Waals surface area (Å²) in [4.78, 5) is 0. The third-order valence-corrected chi connectivity index (χ3v) is 4.04. The van der Waals surface area contributed by atoms with Crippen molar-refractivity contribution >= 4 is 17.3 Å². The van der Waals surface area contributed by atoms with Crippen molar-refractivity contribution in [1.82, 2.24) is 9.78 Å². The van der Waals surface area contributed by atoms with E-state index in [0.717, 1.165) is 16.9 Å². The molecule has 0 aliphatic heterocycles. The largest absolute Gasteiger partial charge is 0.396 e. The van der Waals surface area contributed by atoms with Crippen molar-refractivity contribution in [3.8, 4) is 11.3 Å². The molecule has 0 radical (unpaired) electrons. The number of benzene rings is 1. The van der Waals surface area contributed by atoms with Crippen LogP contribution in [0.3, 0.4) is 0 Å². The molecule has 1 aliphatic carbocycles. The molecular formula is C15H18ClN3. The summed E-state index contributed by atoms with van der Waals surface area (Å²) in [6, 6.07) is 8.20. The Morgan fingerprint density at radius 3 is 2.74 bits per heavy atom. The highest BCUT2D eigenvalue weighted by Gasteiger charge is 2.18. The van der Waals surface area contributed by atoms with E-state index in [2.05, 4.69) is 5.10 Å². The average molecular weight is 276 g/mol. The summed E-state index contributed by atoms with van der Waals surface area (Å²) in [5.41, 5.74) is 8.66. The molecule has 0 amide bonds. The Labute approximate surface area is 118 Å². The van der Waals surface area contributed by atoms with Gasteiger partial charge in [-0.1, -0.05) is 43.0 Å². The Balaban J connectivity index is 1.92. The first-order valence-electron chi connectivity index (χ1n) is 6.84. The summed E-state index contributed by atoms with van der Waals surface area (Å²) in [6.07, 6.45) is 8.29. The molecule has 19 heavy (non-hydrogen) atoms. The molecule has 0 bridgehead atoms. The molecule has 0 unspecified atom stereocenters. The molecule has 0 atom stereocenters. The van der Waals surface area contributed by atoms with Gasteiger partial charge >= 0.3 is 0 Å². The molecule has 1 aliphatic rings. The van der Waals surface area contributed by atoms with Crippen LogP contribution >= 0.6 is 11.6 Å². The average Bonchev–Trinajstić information content (AvgIpc) is 2.82. The number of hydrogen-bond donors (Lipinski definition) is 1. The molecule has 0 spiro atoms. The standard InChI is InChI=1S/C15H18ClN3/c16-12-6-4-5-11(9-12)15-14(17)10-19(18-15)13-7-2-1-3-8-13/h4-6,9-10,13H,1-3,7-8,17H2. The van der Waals surface area contributed by atoms with Gasteiger partial charge < -0.3 is 5.73 Å². The Bertz CT molecular complexity index is 571. The van der Waals surface area contributed by atoms with Gasteiger partial charge in [0.05, 0.1) is 11.7 Å². The van der Waals surface area contributed by atoms with Crippen molar-refractivity contribution in [3.63, 3.8) is 0 Å². The van der Waals surface area contributed by atoms with E-state index in [-0.39, 0.29) is 0 Å². The molecule has 2 N–H and O–H groups in total. The van der Waals surface area contributed by atoms with E-state index >= 15 is 0 Å². The van der Waals surface area contributed by atoms with Crippen molar-refractivity contribution in [2.75, 3.05) is 5.73 Å². The Hall–Kier alpha value is -1.48. The highest BCUT2D eigenvalue weighted by atomic mass is 35.5. The number of aromatic nitrogens is 2. The first kappa shape index (κ1) is 12.5. The van der Waals surface area contributed by atoms with Crippen LogP contribution in [0.2, 0.25) is 5.02 Å². The van der Waals surface area contributed by atoms with Gasteiger partial charge in [-0.3, -0.25) is 4.68 Å². The van der Waals surface area contributed by atoms with Crippen molar-refractivity contribution in [2.24, 2.45) is 0 Å². The lowest BCUT2D eigenvalue weighted by Gasteiger charge is -2.21. The van der Waals surface area contributed by atoms with Crippen molar-refractivity contribution in [1.29, 1.82) is 0 Å². The molecule has 3 rings (SSSR count). The van der Waals surface area contributed by atoms with E-state index in [1.54, 1.807) is 0 Å². The van der Waals surface area contributed by atoms with E-state index in [0.29, 0.717) is 11.1 Å². The van der Waals surface area contributed by atoms with Crippen LogP contribution in [0.15, 0.2) is 30.5 Å². The summed E-state index contributed by atoms with van der Waals surface area (Å²) in [5.74, 6) is 0. The first-order chi connectivity index (χ1) is 9.24. The molecule has 3 nitrogen and oxygen atoms in total. The monoisotopic (exact) mass is 275 g/mol. The second-order valence-electron chi connectivity index (χ2n) is 5.22.